The number of hydrogen-bond donors (Lipinski definition) is 2. The van der Waals surface area contributed by atoms with Crippen molar-refractivity contribution >= 4 is 11.5 Å². The fourth-order valence-corrected chi connectivity index (χ4v) is 2.54. The number of nitrogens with one attached hydrogen (secondary N) is 1. The van der Waals surface area contributed by atoms with Gasteiger partial charge in [-0.2, -0.15) is 0 Å². The average molecular weight is 205 g/mol. The summed E-state index contributed by atoms with van der Waals surface area (Å²) >= 11 is 0. The van der Waals surface area contributed by atoms with E-state index in [0.717, 1.165) is 12.1 Å². The van der Waals surface area contributed by atoms with Crippen LogP contribution in [0.15, 0.2) is 18.3 Å². The van der Waals surface area contributed by atoms with Crippen molar-refractivity contribution in [2.75, 3.05) is 11.1 Å². The van der Waals surface area contributed by atoms with Crippen LogP contribution in [-0.2, 0) is 4.74 Å². The van der Waals surface area contributed by atoms with E-state index >= 15 is 0 Å². The highest BCUT2D eigenvalue weighted by Crippen LogP contribution is 2.35. The van der Waals surface area contributed by atoms with Crippen molar-refractivity contribution in [1.82, 2.24) is 4.98 Å². The first-order chi connectivity index (χ1) is 7.31. The molecule has 4 nitrogen and oxygen atoms in total. The molecule has 3 unspecified atom stereocenters. The fourth-order valence-electron chi connectivity index (χ4n) is 2.54. The van der Waals surface area contributed by atoms with E-state index in [9.17, 15) is 0 Å². The molecule has 4 heteroatoms. The minimum Gasteiger partial charge on any atom is -0.384 e. The molecule has 1 aromatic heterocycles. The van der Waals surface area contributed by atoms with Gasteiger partial charge in [0.2, 0.25) is 0 Å². The molecule has 0 spiro atoms. The molecular formula is C11H15N3O. The maximum atomic E-state index is 5.78. The molecule has 3 rings (SSSR count). The van der Waals surface area contributed by atoms with Crippen molar-refractivity contribution in [3.63, 3.8) is 0 Å². The van der Waals surface area contributed by atoms with Gasteiger partial charge >= 0.3 is 0 Å². The van der Waals surface area contributed by atoms with E-state index < -0.39 is 0 Å². The lowest BCUT2D eigenvalue weighted by atomic mass is 9.95. The van der Waals surface area contributed by atoms with Crippen LogP contribution in [-0.4, -0.2) is 23.2 Å². The lowest BCUT2D eigenvalue weighted by Gasteiger charge is -2.21. The van der Waals surface area contributed by atoms with Gasteiger partial charge < -0.3 is 15.8 Å². The van der Waals surface area contributed by atoms with Gasteiger partial charge in [-0.25, -0.2) is 4.98 Å². The second kappa shape index (κ2) is 3.38. The third-order valence-electron chi connectivity index (χ3n) is 3.24. The van der Waals surface area contributed by atoms with Gasteiger partial charge in [0, 0.05) is 18.0 Å². The molecule has 3 atom stereocenters. The Labute approximate surface area is 88.8 Å². The van der Waals surface area contributed by atoms with E-state index in [1.165, 1.54) is 12.8 Å². The molecule has 2 aliphatic heterocycles. The molecule has 0 aromatic carbocycles. The monoisotopic (exact) mass is 205 g/mol. The van der Waals surface area contributed by atoms with Crippen molar-refractivity contribution < 1.29 is 4.74 Å². The van der Waals surface area contributed by atoms with Crippen molar-refractivity contribution in [3.05, 3.63) is 18.3 Å². The second-order valence-corrected chi connectivity index (χ2v) is 4.33. The van der Waals surface area contributed by atoms with Crippen LogP contribution >= 0.6 is 0 Å². The lowest BCUT2D eigenvalue weighted by Crippen LogP contribution is -2.30. The number of rotatable bonds is 2. The summed E-state index contributed by atoms with van der Waals surface area (Å²) in [5.41, 5.74) is 6.67. The number of anilines is 2. The zero-order valence-corrected chi connectivity index (χ0v) is 8.52. The Bertz CT molecular complexity index is 369. The third kappa shape index (κ3) is 1.65. The number of pyridine rings is 1. The largest absolute Gasteiger partial charge is 0.384 e. The molecule has 0 aliphatic carbocycles. The Morgan fingerprint density at radius 2 is 2.40 bits per heavy atom. The van der Waals surface area contributed by atoms with Crippen molar-refractivity contribution in [2.45, 2.75) is 37.5 Å². The maximum absolute atomic E-state index is 5.78. The molecule has 1 aromatic rings. The van der Waals surface area contributed by atoms with E-state index in [1.54, 1.807) is 6.20 Å². The van der Waals surface area contributed by atoms with Crippen molar-refractivity contribution in [3.8, 4) is 0 Å². The van der Waals surface area contributed by atoms with Crippen LogP contribution in [0.5, 0.6) is 0 Å². The summed E-state index contributed by atoms with van der Waals surface area (Å²) in [5.74, 6) is 0.559. The van der Waals surface area contributed by atoms with Crippen molar-refractivity contribution in [2.24, 2.45) is 0 Å². The van der Waals surface area contributed by atoms with Crippen LogP contribution < -0.4 is 11.1 Å². The molecule has 15 heavy (non-hydrogen) atoms. The van der Waals surface area contributed by atoms with E-state index in [2.05, 4.69) is 10.3 Å². The number of nitrogens with two attached hydrogens (primary N) is 1. The Kier molecular flexibility index (Phi) is 2.02. The van der Waals surface area contributed by atoms with Gasteiger partial charge in [0.05, 0.1) is 18.2 Å². The summed E-state index contributed by atoms with van der Waals surface area (Å²) in [4.78, 5) is 3.97. The SMILES string of the molecule is Nc1cc(NC2CC3CCC2O3)ccn1. The number of nitrogen functional groups attached to an aromatic ring is 1. The highest BCUT2D eigenvalue weighted by Gasteiger charge is 2.40. The zero-order valence-electron chi connectivity index (χ0n) is 8.52. The summed E-state index contributed by atoms with van der Waals surface area (Å²) in [6, 6.07) is 4.26. The van der Waals surface area contributed by atoms with Gasteiger partial charge in [0.25, 0.3) is 0 Å². The topological polar surface area (TPSA) is 60.2 Å². The first-order valence-electron chi connectivity index (χ1n) is 5.45. The summed E-state index contributed by atoms with van der Waals surface area (Å²) in [6.07, 6.45) is 6.12. The molecule has 0 radical (unpaired) electrons. The Hall–Kier alpha value is -1.29. The van der Waals surface area contributed by atoms with Crippen molar-refractivity contribution in [1.29, 1.82) is 0 Å². The second-order valence-electron chi connectivity index (χ2n) is 4.33. The van der Waals surface area contributed by atoms with Gasteiger partial charge in [-0.3, -0.25) is 0 Å². The van der Waals surface area contributed by atoms with E-state index in [-0.39, 0.29) is 0 Å². The molecule has 2 saturated heterocycles. The molecule has 2 bridgehead atoms. The fraction of sp³-hybridized carbons (Fsp3) is 0.545. The van der Waals surface area contributed by atoms with Gasteiger partial charge in [0.15, 0.2) is 0 Å². The highest BCUT2D eigenvalue weighted by molar-refractivity contribution is 5.50. The lowest BCUT2D eigenvalue weighted by molar-refractivity contribution is 0.102. The van der Waals surface area contributed by atoms with Crippen LogP contribution in [0.4, 0.5) is 11.5 Å². The molecule has 2 fully saturated rings. The predicted molar refractivity (Wildman–Crippen MR) is 58.6 cm³/mol. The average Bonchev–Trinajstić information content (AvgIpc) is 2.79. The number of ether oxygens (including phenoxy) is 1. The summed E-state index contributed by atoms with van der Waals surface area (Å²) < 4.78 is 5.78. The normalized spacial score (nSPS) is 33.2. The molecule has 3 heterocycles. The van der Waals surface area contributed by atoms with E-state index in [4.69, 9.17) is 10.5 Å². The number of nitrogens with zero attached hydrogens (tertiary/aromatic N) is 1. The minimum absolute atomic E-state index is 0.393. The smallest absolute Gasteiger partial charge is 0.125 e. The minimum atomic E-state index is 0.393. The highest BCUT2D eigenvalue weighted by atomic mass is 16.5. The van der Waals surface area contributed by atoms with Gasteiger partial charge in [-0.1, -0.05) is 0 Å². The van der Waals surface area contributed by atoms with Crippen LogP contribution in [0.1, 0.15) is 19.3 Å². The quantitative estimate of drug-likeness (QED) is 0.766. The van der Waals surface area contributed by atoms with Gasteiger partial charge in [-0.15, -0.1) is 0 Å². The molecule has 80 valence electrons. The Balaban J connectivity index is 1.71. The number of hydrogen-bond acceptors (Lipinski definition) is 4. The van der Waals surface area contributed by atoms with Crippen LogP contribution in [0, 0.1) is 0 Å². The molecule has 3 N–H and O–H groups in total. The van der Waals surface area contributed by atoms with E-state index in [0.29, 0.717) is 24.1 Å². The summed E-state index contributed by atoms with van der Waals surface area (Å²) in [5, 5.41) is 3.47. The van der Waals surface area contributed by atoms with Gasteiger partial charge in [0.1, 0.15) is 5.82 Å². The summed E-state index contributed by atoms with van der Waals surface area (Å²) in [7, 11) is 0. The number of aromatic nitrogens is 1. The van der Waals surface area contributed by atoms with E-state index in [1.807, 2.05) is 12.1 Å². The first-order valence-corrected chi connectivity index (χ1v) is 5.45. The predicted octanol–water partition coefficient (Wildman–Crippen LogP) is 1.40. The Morgan fingerprint density at radius 3 is 3.07 bits per heavy atom. The van der Waals surface area contributed by atoms with Gasteiger partial charge in [-0.05, 0) is 25.3 Å². The van der Waals surface area contributed by atoms with Crippen LogP contribution in [0.2, 0.25) is 0 Å². The van der Waals surface area contributed by atoms with Crippen LogP contribution in [0.25, 0.3) is 0 Å². The Morgan fingerprint density at radius 1 is 1.47 bits per heavy atom. The molecule has 0 saturated carbocycles. The molecule has 0 amide bonds. The number of fused-ring (bicyclic) bond motifs is 2. The molecule has 2 aliphatic rings. The zero-order chi connectivity index (χ0) is 10.3. The first kappa shape index (κ1) is 8.97. The maximum Gasteiger partial charge on any atom is 0.125 e. The van der Waals surface area contributed by atoms with Crippen LogP contribution in [0.3, 0.4) is 0 Å². The third-order valence-corrected chi connectivity index (χ3v) is 3.24. The summed E-state index contributed by atoms with van der Waals surface area (Å²) in [6.45, 7) is 0. The standard InChI is InChI=1S/C11H15N3O/c12-11-5-7(3-4-13-11)14-9-6-8-1-2-10(9)15-8/h3-5,8-10H,1-2,6H2,(H3,12,13,14). The molecular weight excluding hydrogens is 190 g/mol.